The molecule has 0 spiro atoms. The quantitative estimate of drug-likeness (QED) is 0.307. The van der Waals surface area contributed by atoms with Gasteiger partial charge >= 0.3 is 0 Å². The molecule has 0 aliphatic heterocycles. The van der Waals surface area contributed by atoms with Gasteiger partial charge in [0.05, 0.1) is 6.04 Å². The van der Waals surface area contributed by atoms with Gasteiger partial charge in [0.2, 0.25) is 5.91 Å². The average molecular weight is 501 g/mol. The lowest BCUT2D eigenvalue weighted by atomic mass is 10.0. The normalized spacial score (nSPS) is 17.1. The number of carbonyl (C=O) groups excluding carboxylic acids is 1. The molecule has 1 unspecified atom stereocenters. The molecular formula is C28H35Cl2N3O. The average Bonchev–Trinajstić information content (AvgIpc) is 3.63. The van der Waals surface area contributed by atoms with Crippen LogP contribution < -0.4 is 16.4 Å². The number of nitrogens with two attached hydrogens (primary N) is 1. The van der Waals surface area contributed by atoms with Crippen LogP contribution in [0.1, 0.15) is 42.7 Å². The van der Waals surface area contributed by atoms with Crippen LogP contribution in [-0.2, 0) is 11.3 Å². The van der Waals surface area contributed by atoms with Crippen molar-refractivity contribution in [2.24, 2.45) is 5.73 Å². The highest BCUT2D eigenvalue weighted by Crippen LogP contribution is 2.40. The molecule has 4 N–H and O–H groups in total. The Balaban J connectivity index is 0.00000204. The minimum Gasteiger partial charge on any atom is -0.351 e. The van der Waals surface area contributed by atoms with Crippen molar-refractivity contribution in [2.75, 3.05) is 6.54 Å². The van der Waals surface area contributed by atoms with Gasteiger partial charge in [-0.2, -0.15) is 0 Å². The van der Waals surface area contributed by atoms with Gasteiger partial charge in [0.25, 0.3) is 0 Å². The number of nitrogens with one attached hydrogen (secondary N) is 2. The zero-order valence-corrected chi connectivity index (χ0v) is 21.0. The van der Waals surface area contributed by atoms with E-state index in [-0.39, 0.29) is 30.7 Å². The molecule has 1 aliphatic rings. The number of hydrogen-bond acceptors (Lipinski definition) is 3. The number of benzene rings is 3. The summed E-state index contributed by atoms with van der Waals surface area (Å²) in [7, 11) is 0. The van der Waals surface area contributed by atoms with E-state index in [9.17, 15) is 4.79 Å². The fourth-order valence-corrected chi connectivity index (χ4v) is 4.21. The molecule has 0 saturated heterocycles. The van der Waals surface area contributed by atoms with Gasteiger partial charge in [-0.25, -0.2) is 0 Å². The second kappa shape index (κ2) is 14.1. The van der Waals surface area contributed by atoms with Crippen molar-refractivity contribution in [3.05, 3.63) is 96.1 Å². The zero-order chi connectivity index (χ0) is 22.2. The Morgan fingerprint density at radius 2 is 1.56 bits per heavy atom. The zero-order valence-electron chi connectivity index (χ0n) is 19.4. The van der Waals surface area contributed by atoms with Crippen LogP contribution in [0, 0.1) is 0 Å². The van der Waals surface area contributed by atoms with Crippen molar-refractivity contribution in [3.8, 4) is 11.1 Å². The first-order valence-corrected chi connectivity index (χ1v) is 11.7. The molecule has 3 aromatic carbocycles. The van der Waals surface area contributed by atoms with E-state index in [1.807, 2.05) is 30.3 Å². The highest BCUT2D eigenvalue weighted by atomic mass is 35.5. The van der Waals surface area contributed by atoms with Crippen molar-refractivity contribution < 1.29 is 4.79 Å². The lowest BCUT2D eigenvalue weighted by Gasteiger charge is -2.13. The maximum absolute atomic E-state index is 12.4. The Morgan fingerprint density at radius 1 is 0.882 bits per heavy atom. The van der Waals surface area contributed by atoms with Crippen LogP contribution in [-0.4, -0.2) is 24.5 Å². The van der Waals surface area contributed by atoms with E-state index in [0.29, 0.717) is 24.9 Å². The highest BCUT2D eigenvalue weighted by Gasteiger charge is 2.37. The molecule has 1 saturated carbocycles. The van der Waals surface area contributed by atoms with E-state index in [1.54, 1.807) is 0 Å². The molecule has 1 fully saturated rings. The first kappa shape index (κ1) is 27.9. The van der Waals surface area contributed by atoms with Crippen molar-refractivity contribution in [1.29, 1.82) is 0 Å². The third-order valence-electron chi connectivity index (χ3n) is 6.20. The molecule has 0 aromatic heterocycles. The molecule has 0 bridgehead atoms. The second-order valence-corrected chi connectivity index (χ2v) is 8.70. The number of carbonyl (C=O) groups is 1. The third-order valence-corrected chi connectivity index (χ3v) is 6.20. The fraction of sp³-hybridized carbons (Fsp3) is 0.321. The lowest BCUT2D eigenvalue weighted by Crippen LogP contribution is -2.40. The van der Waals surface area contributed by atoms with Crippen LogP contribution in [0.4, 0.5) is 0 Å². The van der Waals surface area contributed by atoms with Gasteiger partial charge in [-0.3, -0.25) is 4.79 Å². The van der Waals surface area contributed by atoms with Crippen molar-refractivity contribution in [1.82, 2.24) is 10.6 Å². The van der Waals surface area contributed by atoms with E-state index in [2.05, 4.69) is 65.2 Å². The summed E-state index contributed by atoms with van der Waals surface area (Å²) in [6.45, 7) is 1.48. The number of unbranched alkanes of at least 4 members (excludes halogenated alkanes) is 1. The molecule has 1 amide bonds. The van der Waals surface area contributed by atoms with E-state index in [1.165, 1.54) is 17.5 Å². The summed E-state index contributed by atoms with van der Waals surface area (Å²) in [4.78, 5) is 12.4. The molecule has 182 valence electrons. The monoisotopic (exact) mass is 499 g/mol. The number of rotatable bonds is 11. The Hall–Kier alpha value is -2.37. The molecular weight excluding hydrogens is 465 g/mol. The van der Waals surface area contributed by atoms with Crippen molar-refractivity contribution in [2.45, 2.75) is 50.2 Å². The van der Waals surface area contributed by atoms with Gasteiger partial charge in [-0.05, 0) is 54.1 Å². The van der Waals surface area contributed by atoms with Gasteiger partial charge in [-0.1, -0.05) is 85.3 Å². The number of halogens is 2. The van der Waals surface area contributed by atoms with Crippen LogP contribution in [0.15, 0.2) is 84.9 Å². The van der Waals surface area contributed by atoms with Gasteiger partial charge < -0.3 is 16.4 Å². The predicted molar refractivity (Wildman–Crippen MR) is 146 cm³/mol. The number of amides is 1. The van der Waals surface area contributed by atoms with E-state index < -0.39 is 6.04 Å². The molecule has 0 heterocycles. The summed E-state index contributed by atoms with van der Waals surface area (Å²) in [5, 5.41) is 6.62. The largest absolute Gasteiger partial charge is 0.351 e. The molecule has 3 atom stereocenters. The van der Waals surface area contributed by atoms with Crippen LogP contribution in [0.25, 0.3) is 11.1 Å². The molecule has 3 aromatic rings. The van der Waals surface area contributed by atoms with Crippen LogP contribution in [0.2, 0.25) is 0 Å². The second-order valence-electron chi connectivity index (χ2n) is 8.70. The van der Waals surface area contributed by atoms with Crippen molar-refractivity contribution >= 4 is 30.7 Å². The molecule has 4 nitrogen and oxygen atoms in total. The molecule has 6 heteroatoms. The SMILES string of the molecule is Cl.Cl.NC(CCCCN[C@@H]1C[C@H]1c1ccccc1)C(=O)NCc1cccc(-c2ccccc2)c1. The van der Waals surface area contributed by atoms with Gasteiger partial charge in [0, 0.05) is 18.5 Å². The van der Waals surface area contributed by atoms with Gasteiger partial charge in [-0.15, -0.1) is 24.8 Å². The fourth-order valence-electron chi connectivity index (χ4n) is 4.21. The topological polar surface area (TPSA) is 67.1 Å². The Morgan fingerprint density at radius 3 is 2.29 bits per heavy atom. The summed E-state index contributed by atoms with van der Waals surface area (Å²) >= 11 is 0. The van der Waals surface area contributed by atoms with Gasteiger partial charge in [0.1, 0.15) is 0 Å². The van der Waals surface area contributed by atoms with Crippen LogP contribution in [0.3, 0.4) is 0 Å². The van der Waals surface area contributed by atoms with Crippen LogP contribution >= 0.6 is 24.8 Å². The summed E-state index contributed by atoms with van der Waals surface area (Å²) in [5.41, 5.74) is 11.0. The molecule has 34 heavy (non-hydrogen) atoms. The van der Waals surface area contributed by atoms with Gasteiger partial charge in [0.15, 0.2) is 0 Å². The smallest absolute Gasteiger partial charge is 0.237 e. The van der Waals surface area contributed by atoms with E-state index >= 15 is 0 Å². The lowest BCUT2D eigenvalue weighted by molar-refractivity contribution is -0.122. The van der Waals surface area contributed by atoms with Crippen LogP contribution in [0.5, 0.6) is 0 Å². The summed E-state index contributed by atoms with van der Waals surface area (Å²) < 4.78 is 0. The molecule has 4 rings (SSSR count). The first-order chi connectivity index (χ1) is 15.7. The summed E-state index contributed by atoms with van der Waals surface area (Å²) in [5.74, 6) is 0.582. The van der Waals surface area contributed by atoms with E-state index in [0.717, 1.165) is 30.5 Å². The Kier molecular flexibility index (Phi) is 11.6. The third kappa shape index (κ3) is 8.14. The Bertz CT molecular complexity index is 1000. The highest BCUT2D eigenvalue weighted by molar-refractivity contribution is 5.85. The van der Waals surface area contributed by atoms with E-state index in [4.69, 9.17) is 5.73 Å². The predicted octanol–water partition coefficient (Wildman–Crippen LogP) is 5.46. The standard InChI is InChI=1S/C28H33N3O.2ClH/c29-26(16-7-8-17-30-27-19-25(27)23-13-5-2-6-14-23)28(32)31-20-21-10-9-15-24(18-21)22-11-3-1-4-12-22;;/h1-6,9-15,18,25-27,30H,7-8,16-17,19-20,29H2,(H,31,32);2*1H/t25-,26?,27+;;/m0../s1. The molecule has 0 radical (unpaired) electrons. The number of hydrogen-bond donors (Lipinski definition) is 3. The first-order valence-electron chi connectivity index (χ1n) is 11.7. The van der Waals surface area contributed by atoms with Crippen molar-refractivity contribution in [3.63, 3.8) is 0 Å². The minimum atomic E-state index is -0.453. The maximum Gasteiger partial charge on any atom is 0.237 e. The summed E-state index contributed by atoms with van der Waals surface area (Å²) in [6.07, 6.45) is 3.92. The maximum atomic E-state index is 12.4. The minimum absolute atomic E-state index is 0. The molecule has 1 aliphatic carbocycles. The summed E-state index contributed by atoms with van der Waals surface area (Å²) in [6, 6.07) is 29.4. The Labute approximate surface area is 215 Å².